The molecular weight excluding hydrogens is 236 g/mol. The molecular formula is C16H18N2O. The van der Waals surface area contributed by atoms with Crippen LogP contribution in [0.1, 0.15) is 12.0 Å². The second-order valence-electron chi connectivity index (χ2n) is 4.89. The van der Waals surface area contributed by atoms with Gasteiger partial charge >= 0.3 is 0 Å². The molecule has 0 saturated heterocycles. The quantitative estimate of drug-likeness (QED) is 0.863. The molecule has 1 aliphatic heterocycles. The number of benzene rings is 2. The van der Waals surface area contributed by atoms with Crippen molar-refractivity contribution in [3.8, 4) is 5.75 Å². The zero-order chi connectivity index (χ0) is 13.1. The van der Waals surface area contributed by atoms with Crippen LogP contribution in [-0.2, 0) is 6.54 Å². The van der Waals surface area contributed by atoms with E-state index < -0.39 is 0 Å². The molecule has 0 unspecified atom stereocenters. The molecule has 0 amide bonds. The number of anilines is 2. The maximum absolute atomic E-state index is 9.34. The zero-order valence-corrected chi connectivity index (χ0v) is 10.8. The first-order valence-electron chi connectivity index (χ1n) is 6.69. The van der Waals surface area contributed by atoms with E-state index in [2.05, 4.69) is 34.5 Å². The summed E-state index contributed by atoms with van der Waals surface area (Å²) in [4.78, 5) is 2.39. The Kier molecular flexibility index (Phi) is 3.27. The summed E-state index contributed by atoms with van der Waals surface area (Å²) in [5.41, 5.74) is 3.68. The first-order chi connectivity index (χ1) is 9.33. The summed E-state index contributed by atoms with van der Waals surface area (Å²) in [5, 5.41) is 12.8. The van der Waals surface area contributed by atoms with Crippen LogP contribution in [0.25, 0.3) is 0 Å². The average Bonchev–Trinajstić information content (AvgIpc) is 2.64. The second kappa shape index (κ2) is 5.22. The zero-order valence-electron chi connectivity index (χ0n) is 10.8. The van der Waals surface area contributed by atoms with E-state index in [1.165, 1.54) is 16.9 Å². The van der Waals surface area contributed by atoms with Crippen molar-refractivity contribution in [2.24, 2.45) is 0 Å². The molecule has 2 aromatic carbocycles. The highest BCUT2D eigenvalue weighted by molar-refractivity contribution is 5.70. The minimum Gasteiger partial charge on any atom is -0.508 e. The summed E-state index contributed by atoms with van der Waals surface area (Å²) in [7, 11) is 0. The van der Waals surface area contributed by atoms with Crippen molar-refractivity contribution in [1.29, 1.82) is 0 Å². The Morgan fingerprint density at radius 1 is 1.05 bits per heavy atom. The van der Waals surface area contributed by atoms with Gasteiger partial charge in [-0.2, -0.15) is 0 Å². The lowest BCUT2D eigenvalue weighted by Crippen LogP contribution is -2.23. The van der Waals surface area contributed by atoms with E-state index in [0.29, 0.717) is 5.75 Å². The van der Waals surface area contributed by atoms with Crippen molar-refractivity contribution in [2.75, 3.05) is 23.3 Å². The van der Waals surface area contributed by atoms with Crippen LogP contribution in [0.2, 0.25) is 0 Å². The van der Waals surface area contributed by atoms with Crippen LogP contribution in [0.4, 0.5) is 11.4 Å². The van der Waals surface area contributed by atoms with E-state index in [9.17, 15) is 5.11 Å². The molecule has 0 saturated carbocycles. The Bertz CT molecular complexity index is 551. The molecule has 0 bridgehead atoms. The molecule has 3 rings (SSSR count). The molecule has 19 heavy (non-hydrogen) atoms. The van der Waals surface area contributed by atoms with Crippen molar-refractivity contribution in [3.63, 3.8) is 0 Å². The maximum atomic E-state index is 9.34. The SMILES string of the molecule is Oc1ccc(CN2CCCNc3ccccc32)cc1. The molecule has 0 radical (unpaired) electrons. The van der Waals surface area contributed by atoms with Crippen LogP contribution in [0.3, 0.4) is 0 Å². The molecule has 2 N–H and O–H groups in total. The van der Waals surface area contributed by atoms with Crippen LogP contribution in [0.5, 0.6) is 5.75 Å². The van der Waals surface area contributed by atoms with E-state index in [0.717, 1.165) is 26.1 Å². The van der Waals surface area contributed by atoms with Gasteiger partial charge in [0.1, 0.15) is 5.75 Å². The number of hydrogen-bond acceptors (Lipinski definition) is 3. The van der Waals surface area contributed by atoms with Gasteiger partial charge in [-0.3, -0.25) is 0 Å². The van der Waals surface area contributed by atoms with Gasteiger partial charge in [0.15, 0.2) is 0 Å². The van der Waals surface area contributed by atoms with Crippen molar-refractivity contribution in [3.05, 3.63) is 54.1 Å². The summed E-state index contributed by atoms with van der Waals surface area (Å²) in [6.07, 6.45) is 1.13. The molecule has 1 heterocycles. The molecule has 2 aromatic rings. The molecule has 0 spiro atoms. The van der Waals surface area contributed by atoms with E-state index in [-0.39, 0.29) is 0 Å². The van der Waals surface area contributed by atoms with Crippen LogP contribution in [-0.4, -0.2) is 18.2 Å². The first-order valence-corrected chi connectivity index (χ1v) is 6.69. The van der Waals surface area contributed by atoms with Gasteiger partial charge in [0.2, 0.25) is 0 Å². The van der Waals surface area contributed by atoms with E-state index in [1.807, 2.05) is 12.1 Å². The van der Waals surface area contributed by atoms with Crippen molar-refractivity contribution >= 4 is 11.4 Å². The Morgan fingerprint density at radius 2 is 1.84 bits per heavy atom. The molecule has 0 atom stereocenters. The molecule has 0 aromatic heterocycles. The lowest BCUT2D eigenvalue weighted by atomic mass is 10.1. The average molecular weight is 254 g/mol. The fourth-order valence-electron chi connectivity index (χ4n) is 2.50. The third kappa shape index (κ3) is 2.65. The maximum Gasteiger partial charge on any atom is 0.115 e. The van der Waals surface area contributed by atoms with E-state index >= 15 is 0 Å². The summed E-state index contributed by atoms with van der Waals surface area (Å²) in [5.74, 6) is 0.321. The molecule has 3 nitrogen and oxygen atoms in total. The standard InChI is InChI=1S/C16H18N2O/c19-14-8-6-13(7-9-14)12-18-11-3-10-17-15-4-1-2-5-16(15)18/h1-2,4-9,17,19H,3,10-12H2. The van der Waals surface area contributed by atoms with Gasteiger partial charge in [-0.15, -0.1) is 0 Å². The molecule has 98 valence electrons. The Morgan fingerprint density at radius 3 is 2.68 bits per heavy atom. The van der Waals surface area contributed by atoms with Crippen LogP contribution in [0.15, 0.2) is 48.5 Å². The highest BCUT2D eigenvalue weighted by atomic mass is 16.3. The van der Waals surface area contributed by atoms with E-state index in [1.54, 1.807) is 12.1 Å². The second-order valence-corrected chi connectivity index (χ2v) is 4.89. The van der Waals surface area contributed by atoms with Gasteiger partial charge in [0, 0.05) is 19.6 Å². The lowest BCUT2D eigenvalue weighted by Gasteiger charge is -2.24. The lowest BCUT2D eigenvalue weighted by molar-refractivity contribution is 0.475. The number of phenolic OH excluding ortho intramolecular Hbond substituents is 1. The first kappa shape index (κ1) is 11.9. The number of nitrogens with one attached hydrogen (secondary N) is 1. The minimum atomic E-state index is 0.321. The summed E-state index contributed by atoms with van der Waals surface area (Å²) < 4.78 is 0. The van der Waals surface area contributed by atoms with Gasteiger partial charge in [-0.1, -0.05) is 24.3 Å². The molecule has 1 aliphatic rings. The smallest absolute Gasteiger partial charge is 0.115 e. The third-order valence-electron chi connectivity index (χ3n) is 3.47. The van der Waals surface area contributed by atoms with Crippen molar-refractivity contribution in [1.82, 2.24) is 0 Å². The van der Waals surface area contributed by atoms with E-state index in [4.69, 9.17) is 0 Å². The van der Waals surface area contributed by atoms with Crippen LogP contribution < -0.4 is 10.2 Å². The van der Waals surface area contributed by atoms with Crippen molar-refractivity contribution in [2.45, 2.75) is 13.0 Å². The van der Waals surface area contributed by atoms with Crippen molar-refractivity contribution < 1.29 is 5.11 Å². The highest BCUT2D eigenvalue weighted by Crippen LogP contribution is 2.29. The highest BCUT2D eigenvalue weighted by Gasteiger charge is 2.14. The van der Waals surface area contributed by atoms with Gasteiger partial charge in [-0.05, 0) is 36.2 Å². The molecule has 0 fully saturated rings. The Labute approximate surface area is 113 Å². The van der Waals surface area contributed by atoms with Gasteiger partial charge in [0.25, 0.3) is 0 Å². The number of hydrogen-bond donors (Lipinski definition) is 2. The van der Waals surface area contributed by atoms with Gasteiger partial charge < -0.3 is 15.3 Å². The summed E-state index contributed by atoms with van der Waals surface area (Å²) >= 11 is 0. The minimum absolute atomic E-state index is 0.321. The fourth-order valence-corrected chi connectivity index (χ4v) is 2.50. The number of aromatic hydroxyl groups is 1. The normalized spacial score (nSPS) is 14.4. The van der Waals surface area contributed by atoms with Crippen LogP contribution in [0, 0.1) is 0 Å². The summed E-state index contributed by atoms with van der Waals surface area (Å²) in [6.45, 7) is 2.94. The number of phenols is 1. The predicted octanol–water partition coefficient (Wildman–Crippen LogP) is 3.21. The topological polar surface area (TPSA) is 35.5 Å². The van der Waals surface area contributed by atoms with Gasteiger partial charge in [-0.25, -0.2) is 0 Å². The summed E-state index contributed by atoms with van der Waals surface area (Å²) in [6, 6.07) is 15.9. The monoisotopic (exact) mass is 254 g/mol. The number of nitrogens with zero attached hydrogens (tertiary/aromatic N) is 1. The molecule has 3 heteroatoms. The Balaban J connectivity index is 1.86. The largest absolute Gasteiger partial charge is 0.508 e. The van der Waals surface area contributed by atoms with Gasteiger partial charge in [0.05, 0.1) is 11.4 Å². The number of fused-ring (bicyclic) bond motifs is 1. The molecule has 0 aliphatic carbocycles. The Hall–Kier alpha value is -2.16. The number of para-hydroxylation sites is 2. The predicted molar refractivity (Wildman–Crippen MR) is 78.7 cm³/mol. The third-order valence-corrected chi connectivity index (χ3v) is 3.47. The van der Waals surface area contributed by atoms with Crippen LogP contribution >= 0.6 is 0 Å². The fraction of sp³-hybridized carbons (Fsp3) is 0.250. The number of rotatable bonds is 2.